The van der Waals surface area contributed by atoms with Crippen LogP contribution in [0.1, 0.15) is 38.1 Å². The second kappa shape index (κ2) is 6.23. The van der Waals surface area contributed by atoms with Crippen LogP contribution in [0.4, 0.5) is 0 Å². The summed E-state index contributed by atoms with van der Waals surface area (Å²) in [7, 11) is 0. The highest BCUT2D eigenvalue weighted by molar-refractivity contribution is 5.56. The lowest BCUT2D eigenvalue weighted by atomic mass is 10.3. The quantitative estimate of drug-likeness (QED) is 0.692. The first kappa shape index (κ1) is 11.7. The number of hydrogen-bond acceptors (Lipinski definition) is 2. The molecule has 1 rings (SSSR count). The van der Waals surface area contributed by atoms with Gasteiger partial charge in [-0.1, -0.05) is 26.5 Å². The van der Waals surface area contributed by atoms with Gasteiger partial charge >= 0.3 is 0 Å². The molecule has 0 radical (unpaired) electrons. The summed E-state index contributed by atoms with van der Waals surface area (Å²) in [6, 6.07) is 0. The summed E-state index contributed by atoms with van der Waals surface area (Å²) in [6.07, 6.45) is 5.48. The number of oxazole rings is 1. The third-order valence-corrected chi connectivity index (χ3v) is 1.30. The van der Waals surface area contributed by atoms with Gasteiger partial charge in [0.2, 0.25) is 0 Å². The van der Waals surface area contributed by atoms with Crippen LogP contribution in [-0.2, 0) is 0 Å². The molecule has 0 fully saturated rings. The van der Waals surface area contributed by atoms with E-state index < -0.39 is 0 Å². The van der Waals surface area contributed by atoms with Crippen LogP contribution in [0.25, 0.3) is 12.2 Å². The van der Waals surface area contributed by atoms with Gasteiger partial charge in [-0.2, -0.15) is 0 Å². The van der Waals surface area contributed by atoms with Crippen LogP contribution < -0.4 is 0 Å². The standard InChI is InChI=1S/C9H11NO.C2H6/c1-4-6-8-9(5-2)11-7(3)10-8;1-2/h4-6H,2H2,1,3H3;1-2H3/b6-4-;. The Labute approximate surface area is 80.0 Å². The van der Waals surface area contributed by atoms with Gasteiger partial charge < -0.3 is 4.42 Å². The smallest absolute Gasteiger partial charge is 0.192 e. The molecule has 0 saturated carbocycles. The summed E-state index contributed by atoms with van der Waals surface area (Å²) in [5.41, 5.74) is 0.847. The van der Waals surface area contributed by atoms with Crippen molar-refractivity contribution >= 4 is 12.2 Å². The number of aromatic nitrogens is 1. The predicted octanol–water partition coefficient (Wildman–Crippen LogP) is 3.69. The fraction of sp³-hybridized carbons (Fsp3) is 0.364. The molecule has 0 atom stereocenters. The van der Waals surface area contributed by atoms with Crippen LogP contribution >= 0.6 is 0 Å². The zero-order chi connectivity index (χ0) is 10.3. The van der Waals surface area contributed by atoms with Gasteiger partial charge in [-0.3, -0.25) is 0 Å². The molecule has 2 nitrogen and oxygen atoms in total. The van der Waals surface area contributed by atoms with Crippen LogP contribution in [-0.4, -0.2) is 4.98 Å². The molecular formula is C11H17NO. The summed E-state index contributed by atoms with van der Waals surface area (Å²) in [5.74, 6) is 1.41. The van der Waals surface area contributed by atoms with Crippen LogP contribution in [0.5, 0.6) is 0 Å². The van der Waals surface area contributed by atoms with E-state index in [-0.39, 0.29) is 0 Å². The van der Waals surface area contributed by atoms with Crippen LogP contribution in [0.15, 0.2) is 17.1 Å². The first-order chi connectivity index (χ1) is 6.27. The van der Waals surface area contributed by atoms with E-state index in [1.807, 2.05) is 39.8 Å². The topological polar surface area (TPSA) is 26.0 Å². The second-order valence-corrected chi connectivity index (χ2v) is 2.19. The number of rotatable bonds is 2. The molecule has 0 N–H and O–H groups in total. The SMILES string of the molecule is C=Cc1oc(C)nc1/C=C\C.CC. The molecule has 1 aromatic rings. The number of allylic oxidation sites excluding steroid dienone is 1. The van der Waals surface area contributed by atoms with E-state index in [1.165, 1.54) is 0 Å². The third kappa shape index (κ3) is 3.28. The fourth-order valence-corrected chi connectivity index (χ4v) is 0.882. The van der Waals surface area contributed by atoms with Crippen molar-refractivity contribution in [1.29, 1.82) is 0 Å². The zero-order valence-electron chi connectivity index (χ0n) is 8.79. The molecule has 0 spiro atoms. The van der Waals surface area contributed by atoms with E-state index in [2.05, 4.69) is 11.6 Å². The Morgan fingerprint density at radius 3 is 2.46 bits per heavy atom. The van der Waals surface area contributed by atoms with Gasteiger partial charge in [-0.05, 0) is 19.1 Å². The molecule has 0 aliphatic heterocycles. The minimum atomic E-state index is 0.674. The lowest BCUT2D eigenvalue weighted by Crippen LogP contribution is -1.73. The van der Waals surface area contributed by atoms with Crippen molar-refractivity contribution in [3.63, 3.8) is 0 Å². The van der Waals surface area contributed by atoms with E-state index in [9.17, 15) is 0 Å². The van der Waals surface area contributed by atoms with Gasteiger partial charge in [0.1, 0.15) is 5.69 Å². The molecule has 1 aromatic heterocycles. The average Bonchev–Trinajstić information content (AvgIpc) is 2.50. The van der Waals surface area contributed by atoms with Gasteiger partial charge in [-0.15, -0.1) is 0 Å². The normalized spacial score (nSPS) is 9.54. The molecule has 0 saturated heterocycles. The molecule has 0 aliphatic rings. The summed E-state index contributed by atoms with van der Waals surface area (Å²) >= 11 is 0. The monoisotopic (exact) mass is 179 g/mol. The Morgan fingerprint density at radius 2 is 2.00 bits per heavy atom. The van der Waals surface area contributed by atoms with Crippen molar-refractivity contribution in [2.45, 2.75) is 27.7 Å². The molecule has 1 heterocycles. The van der Waals surface area contributed by atoms with E-state index in [0.29, 0.717) is 5.89 Å². The minimum Gasteiger partial charge on any atom is -0.441 e. The van der Waals surface area contributed by atoms with Gasteiger partial charge in [0, 0.05) is 6.92 Å². The molecule has 0 aliphatic carbocycles. The maximum Gasteiger partial charge on any atom is 0.192 e. The van der Waals surface area contributed by atoms with Gasteiger partial charge in [-0.25, -0.2) is 4.98 Å². The highest BCUT2D eigenvalue weighted by atomic mass is 16.4. The first-order valence-corrected chi connectivity index (χ1v) is 4.50. The molecule has 72 valence electrons. The maximum absolute atomic E-state index is 5.24. The van der Waals surface area contributed by atoms with Crippen LogP contribution in [0.3, 0.4) is 0 Å². The minimum absolute atomic E-state index is 0.674. The summed E-state index contributed by atoms with van der Waals surface area (Å²) < 4.78 is 5.24. The molecular weight excluding hydrogens is 162 g/mol. The molecule has 2 heteroatoms. The zero-order valence-corrected chi connectivity index (χ0v) is 8.79. The lowest BCUT2D eigenvalue weighted by molar-refractivity contribution is 0.513. The Hall–Kier alpha value is -1.31. The lowest BCUT2D eigenvalue weighted by Gasteiger charge is -1.83. The van der Waals surface area contributed by atoms with Gasteiger partial charge in [0.05, 0.1) is 0 Å². The number of aryl methyl sites for hydroxylation is 1. The highest BCUT2D eigenvalue weighted by Crippen LogP contribution is 2.12. The van der Waals surface area contributed by atoms with E-state index in [0.717, 1.165) is 11.5 Å². The van der Waals surface area contributed by atoms with Crippen molar-refractivity contribution in [1.82, 2.24) is 4.98 Å². The van der Waals surface area contributed by atoms with Crippen molar-refractivity contribution < 1.29 is 4.42 Å². The van der Waals surface area contributed by atoms with Crippen molar-refractivity contribution in [2.75, 3.05) is 0 Å². The average molecular weight is 179 g/mol. The predicted molar refractivity (Wildman–Crippen MR) is 57.4 cm³/mol. The van der Waals surface area contributed by atoms with E-state index in [4.69, 9.17) is 4.42 Å². The summed E-state index contributed by atoms with van der Waals surface area (Å²) in [5, 5.41) is 0. The fourth-order valence-electron chi connectivity index (χ4n) is 0.882. The van der Waals surface area contributed by atoms with Crippen LogP contribution in [0.2, 0.25) is 0 Å². The Morgan fingerprint density at radius 1 is 1.38 bits per heavy atom. The number of nitrogens with zero attached hydrogens (tertiary/aromatic N) is 1. The van der Waals surface area contributed by atoms with Crippen LogP contribution in [0, 0.1) is 6.92 Å². The Bertz CT molecular complexity index is 284. The second-order valence-electron chi connectivity index (χ2n) is 2.19. The van der Waals surface area contributed by atoms with Crippen molar-refractivity contribution in [3.05, 3.63) is 30.0 Å². The van der Waals surface area contributed by atoms with Crippen molar-refractivity contribution in [3.8, 4) is 0 Å². The molecule has 0 aromatic carbocycles. The number of hydrogen-bond donors (Lipinski definition) is 0. The Balaban J connectivity index is 0.000000671. The largest absolute Gasteiger partial charge is 0.441 e. The summed E-state index contributed by atoms with van der Waals surface area (Å²) in [4.78, 5) is 4.15. The third-order valence-electron chi connectivity index (χ3n) is 1.30. The van der Waals surface area contributed by atoms with E-state index in [1.54, 1.807) is 6.08 Å². The summed E-state index contributed by atoms with van der Waals surface area (Å²) in [6.45, 7) is 11.4. The van der Waals surface area contributed by atoms with Gasteiger partial charge in [0.25, 0.3) is 0 Å². The maximum atomic E-state index is 5.24. The molecule has 13 heavy (non-hydrogen) atoms. The van der Waals surface area contributed by atoms with Gasteiger partial charge in [0.15, 0.2) is 11.7 Å². The molecule has 0 amide bonds. The highest BCUT2D eigenvalue weighted by Gasteiger charge is 2.02. The molecule has 0 bridgehead atoms. The molecule has 0 unspecified atom stereocenters. The first-order valence-electron chi connectivity index (χ1n) is 4.50. The Kier molecular flexibility index (Phi) is 5.60. The van der Waals surface area contributed by atoms with Crippen molar-refractivity contribution in [2.24, 2.45) is 0 Å². The van der Waals surface area contributed by atoms with E-state index >= 15 is 0 Å².